The zero-order valence-electron chi connectivity index (χ0n) is 16.0. The van der Waals surface area contributed by atoms with Gasteiger partial charge in [0.25, 0.3) is 0 Å². The van der Waals surface area contributed by atoms with E-state index in [9.17, 15) is 4.79 Å². The SMILES string of the molecule is COc1ccc(/C=C/C(=O)Nc2ccc(N3CCCC3)nc2C)cc1OC. The summed E-state index contributed by atoms with van der Waals surface area (Å²) in [7, 11) is 3.17. The van der Waals surface area contributed by atoms with Crippen LogP contribution in [0, 0.1) is 6.92 Å². The number of hydrogen-bond acceptors (Lipinski definition) is 5. The maximum absolute atomic E-state index is 12.3. The Labute approximate surface area is 159 Å². The van der Waals surface area contributed by atoms with E-state index in [0.717, 1.165) is 35.9 Å². The normalized spacial score (nSPS) is 13.8. The molecule has 1 amide bonds. The Morgan fingerprint density at radius 2 is 1.85 bits per heavy atom. The van der Waals surface area contributed by atoms with Gasteiger partial charge in [0.2, 0.25) is 5.91 Å². The number of pyridine rings is 1. The Morgan fingerprint density at radius 1 is 1.11 bits per heavy atom. The van der Waals surface area contributed by atoms with Gasteiger partial charge in [0.15, 0.2) is 11.5 Å². The summed E-state index contributed by atoms with van der Waals surface area (Å²) in [5.74, 6) is 2.05. The summed E-state index contributed by atoms with van der Waals surface area (Å²) in [5.41, 5.74) is 2.38. The van der Waals surface area contributed by atoms with Crippen molar-refractivity contribution >= 4 is 23.5 Å². The largest absolute Gasteiger partial charge is 0.493 e. The third kappa shape index (κ3) is 4.58. The van der Waals surface area contributed by atoms with Gasteiger partial charge < -0.3 is 19.7 Å². The summed E-state index contributed by atoms with van der Waals surface area (Å²) in [5, 5.41) is 2.89. The lowest BCUT2D eigenvalue weighted by atomic mass is 10.2. The van der Waals surface area contributed by atoms with Crippen LogP contribution in [0.4, 0.5) is 11.5 Å². The molecule has 1 aromatic heterocycles. The predicted octanol–water partition coefficient (Wildman–Crippen LogP) is 3.66. The molecule has 0 unspecified atom stereocenters. The number of carbonyl (C=O) groups is 1. The van der Waals surface area contributed by atoms with Gasteiger partial charge in [-0.05, 0) is 55.7 Å². The number of hydrogen-bond donors (Lipinski definition) is 1. The van der Waals surface area contributed by atoms with Crippen molar-refractivity contribution in [3.63, 3.8) is 0 Å². The first kappa shape index (κ1) is 18.8. The van der Waals surface area contributed by atoms with Crippen molar-refractivity contribution in [3.05, 3.63) is 47.7 Å². The fourth-order valence-electron chi connectivity index (χ4n) is 3.11. The highest BCUT2D eigenvalue weighted by atomic mass is 16.5. The van der Waals surface area contributed by atoms with E-state index in [1.165, 1.54) is 18.9 Å². The fourth-order valence-corrected chi connectivity index (χ4v) is 3.11. The molecule has 2 heterocycles. The number of carbonyl (C=O) groups excluding carboxylic acids is 1. The van der Waals surface area contributed by atoms with E-state index in [2.05, 4.69) is 15.2 Å². The van der Waals surface area contributed by atoms with Gasteiger partial charge >= 0.3 is 0 Å². The van der Waals surface area contributed by atoms with Crippen LogP contribution in [0.25, 0.3) is 6.08 Å². The van der Waals surface area contributed by atoms with Gasteiger partial charge in [0.05, 0.1) is 25.6 Å². The maximum atomic E-state index is 12.3. The van der Waals surface area contributed by atoms with Gasteiger partial charge in [-0.1, -0.05) is 6.07 Å². The van der Waals surface area contributed by atoms with E-state index in [1.54, 1.807) is 20.3 Å². The average molecular weight is 367 g/mol. The second-order valence-corrected chi connectivity index (χ2v) is 6.43. The lowest BCUT2D eigenvalue weighted by Gasteiger charge is -2.17. The van der Waals surface area contributed by atoms with E-state index in [-0.39, 0.29) is 5.91 Å². The lowest BCUT2D eigenvalue weighted by molar-refractivity contribution is -0.111. The number of rotatable bonds is 6. The molecule has 0 bridgehead atoms. The molecule has 1 aliphatic rings. The van der Waals surface area contributed by atoms with Crippen LogP contribution in [-0.2, 0) is 4.79 Å². The molecule has 6 nitrogen and oxygen atoms in total. The molecule has 1 aromatic carbocycles. The smallest absolute Gasteiger partial charge is 0.248 e. The van der Waals surface area contributed by atoms with Crippen LogP contribution >= 0.6 is 0 Å². The third-order valence-corrected chi connectivity index (χ3v) is 4.59. The van der Waals surface area contributed by atoms with Crippen LogP contribution in [0.2, 0.25) is 0 Å². The molecule has 0 radical (unpaired) electrons. The number of ether oxygens (including phenoxy) is 2. The highest BCUT2D eigenvalue weighted by Gasteiger charge is 2.14. The number of nitrogens with one attached hydrogen (secondary N) is 1. The van der Waals surface area contributed by atoms with Gasteiger partial charge in [-0.25, -0.2) is 4.98 Å². The molecule has 3 rings (SSSR count). The molecule has 1 aliphatic heterocycles. The Bertz CT molecular complexity index is 843. The van der Waals surface area contributed by atoms with E-state index >= 15 is 0 Å². The summed E-state index contributed by atoms with van der Waals surface area (Å²) < 4.78 is 10.5. The Morgan fingerprint density at radius 3 is 2.52 bits per heavy atom. The second-order valence-electron chi connectivity index (χ2n) is 6.43. The number of aromatic nitrogens is 1. The minimum atomic E-state index is -0.205. The van der Waals surface area contributed by atoms with Gasteiger partial charge in [-0.3, -0.25) is 4.79 Å². The Kier molecular flexibility index (Phi) is 5.96. The lowest BCUT2D eigenvalue weighted by Crippen LogP contribution is -2.19. The first-order valence-corrected chi connectivity index (χ1v) is 9.04. The van der Waals surface area contributed by atoms with Crippen molar-refractivity contribution in [2.45, 2.75) is 19.8 Å². The molecule has 0 atom stereocenters. The quantitative estimate of drug-likeness (QED) is 0.790. The number of anilines is 2. The number of nitrogens with zero attached hydrogens (tertiary/aromatic N) is 2. The zero-order valence-corrected chi connectivity index (χ0v) is 16.0. The van der Waals surface area contributed by atoms with Crippen molar-refractivity contribution < 1.29 is 14.3 Å². The molecular weight excluding hydrogens is 342 g/mol. The Balaban J connectivity index is 1.66. The molecule has 27 heavy (non-hydrogen) atoms. The van der Waals surface area contributed by atoms with E-state index in [1.807, 2.05) is 37.3 Å². The molecule has 1 fully saturated rings. The first-order chi connectivity index (χ1) is 13.1. The summed E-state index contributed by atoms with van der Waals surface area (Å²) in [6, 6.07) is 9.37. The van der Waals surface area contributed by atoms with Gasteiger partial charge in [0.1, 0.15) is 5.82 Å². The van der Waals surface area contributed by atoms with Crippen molar-refractivity contribution in [3.8, 4) is 11.5 Å². The van der Waals surface area contributed by atoms with Crippen LogP contribution in [0.15, 0.2) is 36.4 Å². The summed E-state index contributed by atoms with van der Waals surface area (Å²) in [6.07, 6.45) is 5.65. The molecule has 0 saturated carbocycles. The van der Waals surface area contributed by atoms with Crippen LogP contribution in [-0.4, -0.2) is 38.2 Å². The minimum absolute atomic E-state index is 0.205. The zero-order chi connectivity index (χ0) is 19.2. The van der Waals surface area contributed by atoms with Gasteiger partial charge in [-0.2, -0.15) is 0 Å². The highest BCUT2D eigenvalue weighted by molar-refractivity contribution is 6.02. The van der Waals surface area contributed by atoms with E-state index in [0.29, 0.717) is 11.5 Å². The van der Waals surface area contributed by atoms with E-state index < -0.39 is 0 Å². The number of aryl methyl sites for hydroxylation is 1. The Hall–Kier alpha value is -3.02. The third-order valence-electron chi connectivity index (χ3n) is 4.59. The summed E-state index contributed by atoms with van der Waals surface area (Å²) >= 11 is 0. The van der Waals surface area contributed by atoms with Crippen molar-refractivity contribution in [2.24, 2.45) is 0 Å². The monoisotopic (exact) mass is 367 g/mol. The van der Waals surface area contributed by atoms with Crippen LogP contribution in [0.1, 0.15) is 24.1 Å². The van der Waals surface area contributed by atoms with Crippen LogP contribution in [0.5, 0.6) is 11.5 Å². The molecule has 2 aromatic rings. The van der Waals surface area contributed by atoms with Gasteiger partial charge in [-0.15, -0.1) is 0 Å². The standard InChI is InChI=1S/C21H25N3O3/c1-15-17(8-10-20(22-15)24-12-4-5-13-24)23-21(25)11-7-16-6-9-18(26-2)19(14-16)27-3/h6-11,14H,4-5,12-13H2,1-3H3,(H,23,25)/b11-7+. The second kappa shape index (κ2) is 8.58. The number of amides is 1. The average Bonchev–Trinajstić information content (AvgIpc) is 3.22. The predicted molar refractivity (Wildman–Crippen MR) is 108 cm³/mol. The molecule has 0 aliphatic carbocycles. The molecule has 0 spiro atoms. The molecule has 6 heteroatoms. The highest BCUT2D eigenvalue weighted by Crippen LogP contribution is 2.28. The van der Waals surface area contributed by atoms with E-state index in [4.69, 9.17) is 9.47 Å². The molecule has 142 valence electrons. The van der Waals surface area contributed by atoms with Gasteiger partial charge in [0, 0.05) is 19.2 Å². The van der Waals surface area contributed by atoms with Crippen LogP contribution in [0.3, 0.4) is 0 Å². The molecule has 1 saturated heterocycles. The number of benzene rings is 1. The number of methoxy groups -OCH3 is 2. The van der Waals surface area contributed by atoms with Crippen molar-refractivity contribution in [1.82, 2.24) is 4.98 Å². The van der Waals surface area contributed by atoms with Crippen molar-refractivity contribution in [1.29, 1.82) is 0 Å². The van der Waals surface area contributed by atoms with Crippen molar-refractivity contribution in [2.75, 3.05) is 37.5 Å². The molecule has 1 N–H and O–H groups in total. The fraction of sp³-hybridized carbons (Fsp3) is 0.333. The first-order valence-electron chi connectivity index (χ1n) is 9.04. The summed E-state index contributed by atoms with van der Waals surface area (Å²) in [6.45, 7) is 4.01. The van der Waals surface area contributed by atoms with Crippen LogP contribution < -0.4 is 19.7 Å². The molecular formula is C21H25N3O3. The minimum Gasteiger partial charge on any atom is -0.493 e. The maximum Gasteiger partial charge on any atom is 0.248 e. The topological polar surface area (TPSA) is 63.7 Å². The summed E-state index contributed by atoms with van der Waals surface area (Å²) in [4.78, 5) is 19.2.